The molecule has 2 spiro atoms. The highest BCUT2D eigenvalue weighted by Gasteiger charge is 2.53. The van der Waals surface area contributed by atoms with E-state index in [-0.39, 0.29) is 0 Å². The molecule has 0 aromatic heterocycles. The van der Waals surface area contributed by atoms with Crippen molar-refractivity contribution in [2.24, 2.45) is 0 Å². The Morgan fingerprint density at radius 1 is 0.254 bits per heavy atom. The van der Waals surface area contributed by atoms with E-state index in [4.69, 9.17) is 9.47 Å². The summed E-state index contributed by atoms with van der Waals surface area (Å²) in [5.41, 5.74) is 21.1. The molecule has 11 aromatic rings. The lowest BCUT2D eigenvalue weighted by atomic mass is 9.66. The van der Waals surface area contributed by atoms with Gasteiger partial charge in [-0.2, -0.15) is 0 Å². The molecule has 0 N–H and O–H groups in total. The molecule has 332 valence electrons. The zero-order valence-electron chi connectivity index (χ0n) is 38.6. The Morgan fingerprint density at radius 3 is 1.27 bits per heavy atom. The average molecular weight is 906 g/mol. The van der Waals surface area contributed by atoms with Crippen molar-refractivity contribution >= 4 is 17.1 Å². The van der Waals surface area contributed by atoms with Gasteiger partial charge in [0.15, 0.2) is 0 Å². The van der Waals surface area contributed by atoms with E-state index in [2.05, 4.69) is 266 Å². The Bertz CT molecular complexity index is 3870. The van der Waals surface area contributed by atoms with Gasteiger partial charge in [0.25, 0.3) is 0 Å². The molecule has 0 radical (unpaired) electrons. The highest BCUT2D eigenvalue weighted by Crippen LogP contribution is 2.66. The van der Waals surface area contributed by atoms with Crippen molar-refractivity contribution in [2.45, 2.75) is 10.8 Å². The quantitative estimate of drug-likeness (QED) is 0.172. The van der Waals surface area contributed by atoms with Crippen LogP contribution in [-0.2, 0) is 10.8 Å². The summed E-state index contributed by atoms with van der Waals surface area (Å²) in [6.45, 7) is 0. The van der Waals surface area contributed by atoms with Crippen LogP contribution in [0.25, 0.3) is 44.5 Å². The zero-order valence-corrected chi connectivity index (χ0v) is 38.6. The minimum atomic E-state index is -0.626. The van der Waals surface area contributed by atoms with Gasteiger partial charge < -0.3 is 14.4 Å². The number of hydrogen-bond acceptors (Lipinski definition) is 3. The van der Waals surface area contributed by atoms with Crippen molar-refractivity contribution in [1.82, 2.24) is 0 Å². The molecule has 3 nitrogen and oxygen atoms in total. The van der Waals surface area contributed by atoms with Gasteiger partial charge in [-0.05, 0) is 104 Å². The molecule has 0 saturated carbocycles. The van der Waals surface area contributed by atoms with Crippen molar-refractivity contribution in [1.29, 1.82) is 0 Å². The monoisotopic (exact) mass is 905 g/mol. The van der Waals surface area contributed by atoms with Gasteiger partial charge in [-0.3, -0.25) is 0 Å². The van der Waals surface area contributed by atoms with Crippen LogP contribution in [0.1, 0.15) is 44.5 Å². The topological polar surface area (TPSA) is 21.7 Å². The molecule has 15 rings (SSSR count). The Hall–Kier alpha value is -9.18. The first-order chi connectivity index (χ1) is 35.2. The summed E-state index contributed by atoms with van der Waals surface area (Å²) >= 11 is 0. The van der Waals surface area contributed by atoms with Crippen molar-refractivity contribution in [3.8, 4) is 67.5 Å². The maximum Gasteiger partial charge on any atom is 0.132 e. The predicted molar refractivity (Wildman–Crippen MR) is 287 cm³/mol. The van der Waals surface area contributed by atoms with E-state index >= 15 is 0 Å². The van der Waals surface area contributed by atoms with E-state index in [1.165, 1.54) is 55.6 Å². The van der Waals surface area contributed by atoms with E-state index in [1.807, 2.05) is 0 Å². The second-order valence-corrected chi connectivity index (χ2v) is 19.0. The maximum atomic E-state index is 6.76. The van der Waals surface area contributed by atoms with Gasteiger partial charge in [-0.15, -0.1) is 0 Å². The van der Waals surface area contributed by atoms with Crippen LogP contribution >= 0.6 is 0 Å². The lowest BCUT2D eigenvalue weighted by molar-refractivity contribution is 0.436. The zero-order chi connectivity index (χ0) is 46.7. The SMILES string of the molecule is c1ccc(-c2ccc(-c3ccccc3N(c3ccc4c(c3)-c3ccccc3C43c4ccccc4Oc4ccccc43)c3cccc4c3-c3ccccc3C43c4ccccc4Oc4ccccc43)cc2)cc1. The molecule has 0 atom stereocenters. The molecule has 0 unspecified atom stereocenters. The Balaban J connectivity index is 1.02. The molecule has 2 heterocycles. The van der Waals surface area contributed by atoms with Gasteiger partial charge in [-0.25, -0.2) is 0 Å². The molecule has 2 aliphatic heterocycles. The maximum absolute atomic E-state index is 6.76. The van der Waals surface area contributed by atoms with Crippen LogP contribution in [0, 0.1) is 0 Å². The molecule has 0 bridgehead atoms. The predicted octanol–water partition coefficient (Wildman–Crippen LogP) is 17.4. The lowest BCUT2D eigenvalue weighted by Crippen LogP contribution is -2.32. The summed E-state index contributed by atoms with van der Waals surface area (Å²) in [6, 6.07) is 95.2. The van der Waals surface area contributed by atoms with Crippen LogP contribution in [0.5, 0.6) is 23.0 Å². The molecular weight excluding hydrogens is 863 g/mol. The number of benzene rings is 11. The third kappa shape index (κ3) is 5.43. The van der Waals surface area contributed by atoms with Crippen LogP contribution < -0.4 is 14.4 Å². The van der Waals surface area contributed by atoms with Gasteiger partial charge in [0.05, 0.1) is 22.2 Å². The summed E-state index contributed by atoms with van der Waals surface area (Å²) in [4.78, 5) is 2.53. The first-order valence-electron chi connectivity index (χ1n) is 24.5. The van der Waals surface area contributed by atoms with Gasteiger partial charge in [0.2, 0.25) is 0 Å². The summed E-state index contributed by atoms with van der Waals surface area (Å²) in [5, 5.41) is 0. The number of rotatable bonds is 5. The molecule has 0 fully saturated rings. The molecule has 3 heteroatoms. The largest absolute Gasteiger partial charge is 0.457 e. The molecule has 2 aliphatic carbocycles. The van der Waals surface area contributed by atoms with E-state index in [0.29, 0.717) is 0 Å². The summed E-state index contributed by atoms with van der Waals surface area (Å²) in [5.74, 6) is 3.52. The number of fused-ring (bicyclic) bond motifs is 18. The summed E-state index contributed by atoms with van der Waals surface area (Å²) < 4.78 is 13.5. The van der Waals surface area contributed by atoms with Crippen LogP contribution in [-0.4, -0.2) is 0 Å². The molecular formula is C68H43NO2. The van der Waals surface area contributed by atoms with Crippen LogP contribution in [0.4, 0.5) is 17.1 Å². The normalized spacial score (nSPS) is 14.1. The molecule has 0 saturated heterocycles. The van der Waals surface area contributed by atoms with Gasteiger partial charge in [0, 0.05) is 39.1 Å². The Morgan fingerprint density at radius 2 is 0.662 bits per heavy atom. The van der Waals surface area contributed by atoms with E-state index in [9.17, 15) is 0 Å². The van der Waals surface area contributed by atoms with Crippen molar-refractivity contribution in [3.63, 3.8) is 0 Å². The van der Waals surface area contributed by atoms with Crippen molar-refractivity contribution in [3.05, 3.63) is 305 Å². The fourth-order valence-corrected chi connectivity index (χ4v) is 12.8. The fraction of sp³-hybridized carbons (Fsp3) is 0.0294. The highest BCUT2D eigenvalue weighted by molar-refractivity contribution is 6.01. The van der Waals surface area contributed by atoms with Crippen LogP contribution in [0.15, 0.2) is 261 Å². The minimum Gasteiger partial charge on any atom is -0.457 e. The summed E-state index contributed by atoms with van der Waals surface area (Å²) in [7, 11) is 0. The third-order valence-corrected chi connectivity index (χ3v) is 15.6. The molecule has 11 aromatic carbocycles. The first-order valence-corrected chi connectivity index (χ1v) is 24.5. The average Bonchev–Trinajstić information content (AvgIpc) is 3.90. The highest BCUT2D eigenvalue weighted by atomic mass is 16.5. The smallest absolute Gasteiger partial charge is 0.132 e. The number of para-hydroxylation sites is 5. The number of ether oxygens (including phenoxy) is 2. The fourth-order valence-electron chi connectivity index (χ4n) is 12.8. The first kappa shape index (κ1) is 39.8. The summed E-state index contributed by atoms with van der Waals surface area (Å²) in [6.07, 6.45) is 0. The molecule has 71 heavy (non-hydrogen) atoms. The number of anilines is 3. The van der Waals surface area contributed by atoms with Gasteiger partial charge in [0.1, 0.15) is 23.0 Å². The standard InChI is InChI=1S/C68H43NO2/c1-2-19-44(20-3-1)45-37-39-46(40-38-45)48-21-6-13-31-60(48)69(47-41-42-54-51(43-47)49-22-4-7-24-52(49)67(54)55-26-9-14-33-62(55)70-63-34-15-10-27-56(63)67)61-32-18-30-59-66(61)50-23-5-8-25-53(50)68(59)57-28-11-16-35-64(57)71-65-36-17-12-29-58(65)68/h1-43H. The lowest BCUT2D eigenvalue weighted by Gasteiger charge is -2.39. The Labute approximate surface area is 413 Å². The van der Waals surface area contributed by atoms with Gasteiger partial charge in [-0.1, -0.05) is 212 Å². The van der Waals surface area contributed by atoms with E-state index in [1.54, 1.807) is 0 Å². The molecule has 0 amide bonds. The van der Waals surface area contributed by atoms with Crippen LogP contribution in [0.2, 0.25) is 0 Å². The van der Waals surface area contributed by atoms with Crippen LogP contribution in [0.3, 0.4) is 0 Å². The van der Waals surface area contributed by atoms with E-state index < -0.39 is 10.8 Å². The third-order valence-electron chi connectivity index (χ3n) is 15.6. The number of nitrogens with zero attached hydrogens (tertiary/aromatic N) is 1. The second-order valence-electron chi connectivity index (χ2n) is 19.0. The minimum absolute atomic E-state index is 0.581. The second kappa shape index (κ2) is 15.2. The van der Waals surface area contributed by atoms with Gasteiger partial charge >= 0.3 is 0 Å². The van der Waals surface area contributed by atoms with E-state index in [0.717, 1.165) is 73.4 Å². The van der Waals surface area contributed by atoms with Crippen molar-refractivity contribution in [2.75, 3.05) is 4.90 Å². The number of hydrogen-bond donors (Lipinski definition) is 0. The Kier molecular flexibility index (Phi) is 8.49. The molecule has 4 aliphatic rings. The van der Waals surface area contributed by atoms with Crippen molar-refractivity contribution < 1.29 is 9.47 Å².